The lowest BCUT2D eigenvalue weighted by Crippen LogP contribution is -2.26. The molecule has 1 aliphatic carbocycles. The van der Waals surface area contributed by atoms with Crippen LogP contribution in [0.5, 0.6) is 0 Å². The molecule has 0 bridgehead atoms. The normalized spacial score (nSPS) is 15.9. The smallest absolute Gasteiger partial charge is 0.0208 e. The molecule has 1 aromatic rings. The Hall–Kier alpha value is -0.470. The van der Waals surface area contributed by atoms with Gasteiger partial charge in [0.25, 0.3) is 0 Å². The van der Waals surface area contributed by atoms with Crippen LogP contribution in [0.25, 0.3) is 0 Å². The van der Waals surface area contributed by atoms with Gasteiger partial charge < -0.3 is 5.32 Å². The van der Waals surface area contributed by atoms with Crippen molar-refractivity contribution in [1.82, 2.24) is 5.32 Å². The minimum Gasteiger partial charge on any atom is -0.310 e. The number of rotatable bonds is 6. The van der Waals surface area contributed by atoms with Gasteiger partial charge in [-0.1, -0.05) is 18.2 Å². The summed E-state index contributed by atoms with van der Waals surface area (Å²) in [4.78, 5) is 0. The van der Waals surface area contributed by atoms with Gasteiger partial charge in [0.05, 0.1) is 0 Å². The Morgan fingerprint density at radius 2 is 2.12 bits per heavy atom. The summed E-state index contributed by atoms with van der Waals surface area (Å²) in [6.07, 6.45) is 7.34. The summed E-state index contributed by atoms with van der Waals surface area (Å²) < 4.78 is 0. The number of aryl methyl sites for hydroxylation is 2. The molecule has 0 radical (unpaired) electrons. The highest BCUT2D eigenvalue weighted by Gasteiger charge is 2.10. The number of hydrogen-bond donors (Lipinski definition) is 1. The van der Waals surface area contributed by atoms with E-state index >= 15 is 0 Å². The zero-order chi connectivity index (χ0) is 12.1. The third kappa shape index (κ3) is 3.75. The lowest BCUT2D eigenvalue weighted by Gasteiger charge is -2.13. The van der Waals surface area contributed by atoms with Gasteiger partial charge >= 0.3 is 0 Å². The van der Waals surface area contributed by atoms with Gasteiger partial charge in [-0.15, -0.1) is 0 Å². The van der Waals surface area contributed by atoms with E-state index in [9.17, 15) is 0 Å². The summed E-state index contributed by atoms with van der Waals surface area (Å²) in [6, 6.07) is 7.64. The lowest BCUT2D eigenvalue weighted by molar-refractivity contribution is 0.537. The van der Waals surface area contributed by atoms with E-state index in [4.69, 9.17) is 0 Å². The summed E-state index contributed by atoms with van der Waals surface area (Å²) in [6.45, 7) is 3.30. The number of hydrogen-bond acceptors (Lipinski definition) is 2. The van der Waals surface area contributed by atoms with Crippen molar-refractivity contribution >= 4 is 11.8 Å². The Labute approximate surface area is 109 Å². The second-order valence-electron chi connectivity index (χ2n) is 5.02. The monoisotopic (exact) mass is 249 g/mol. The largest absolute Gasteiger partial charge is 0.310 e. The van der Waals surface area contributed by atoms with Crippen LogP contribution in [0.2, 0.25) is 0 Å². The fraction of sp³-hybridized carbons (Fsp3) is 0.600. The molecule has 2 heteroatoms. The van der Waals surface area contributed by atoms with Gasteiger partial charge in [-0.05, 0) is 61.3 Å². The maximum atomic E-state index is 3.61. The Bertz CT molecular complexity index is 362. The Balaban J connectivity index is 1.83. The molecule has 1 atom stereocenters. The van der Waals surface area contributed by atoms with Gasteiger partial charge in [0.1, 0.15) is 0 Å². The van der Waals surface area contributed by atoms with Crippen LogP contribution in [0.3, 0.4) is 0 Å². The van der Waals surface area contributed by atoms with Crippen LogP contribution in [-0.2, 0) is 19.4 Å². The second kappa shape index (κ2) is 6.46. The van der Waals surface area contributed by atoms with Gasteiger partial charge in [-0.25, -0.2) is 0 Å². The van der Waals surface area contributed by atoms with E-state index in [1.807, 2.05) is 11.8 Å². The number of benzene rings is 1. The molecule has 1 unspecified atom stereocenters. The van der Waals surface area contributed by atoms with Crippen LogP contribution in [0.4, 0.5) is 0 Å². The van der Waals surface area contributed by atoms with E-state index in [-0.39, 0.29) is 0 Å². The highest BCUT2D eigenvalue weighted by Crippen LogP contribution is 2.22. The van der Waals surface area contributed by atoms with Crippen LogP contribution in [0.15, 0.2) is 18.2 Å². The molecule has 2 rings (SSSR count). The molecule has 1 N–H and O–H groups in total. The maximum absolute atomic E-state index is 3.61. The fourth-order valence-corrected chi connectivity index (χ4v) is 3.01. The molecule has 1 nitrogen and oxygen atoms in total. The number of nitrogens with one attached hydrogen (secondary N) is 1. The van der Waals surface area contributed by atoms with Crippen molar-refractivity contribution in [3.8, 4) is 0 Å². The zero-order valence-corrected chi connectivity index (χ0v) is 11.8. The van der Waals surface area contributed by atoms with Crippen LogP contribution in [-0.4, -0.2) is 18.1 Å². The second-order valence-corrected chi connectivity index (χ2v) is 6.01. The molecule has 0 saturated heterocycles. The standard InChI is InChI=1S/C15H23NS/c1-12(8-9-17-2)16-11-13-6-7-14-4-3-5-15(14)10-13/h6-7,10,12,16H,3-5,8-9,11H2,1-2H3. The average Bonchev–Trinajstić information content (AvgIpc) is 2.81. The van der Waals surface area contributed by atoms with Crippen LogP contribution < -0.4 is 5.32 Å². The molecule has 0 spiro atoms. The van der Waals surface area contributed by atoms with Crippen molar-refractivity contribution in [2.75, 3.05) is 12.0 Å². The minimum absolute atomic E-state index is 0.621. The van der Waals surface area contributed by atoms with Crippen LogP contribution >= 0.6 is 11.8 Å². The first-order valence-electron chi connectivity index (χ1n) is 6.62. The molecule has 1 aliphatic rings. The Kier molecular flexibility index (Phi) is 4.93. The van der Waals surface area contributed by atoms with Gasteiger partial charge in [-0.3, -0.25) is 0 Å². The molecular formula is C15H23NS. The molecule has 94 valence electrons. The van der Waals surface area contributed by atoms with Crippen molar-refractivity contribution in [3.63, 3.8) is 0 Å². The highest BCUT2D eigenvalue weighted by molar-refractivity contribution is 7.98. The Morgan fingerprint density at radius 3 is 2.94 bits per heavy atom. The quantitative estimate of drug-likeness (QED) is 0.829. The van der Waals surface area contributed by atoms with Crippen molar-refractivity contribution in [1.29, 1.82) is 0 Å². The van der Waals surface area contributed by atoms with E-state index < -0.39 is 0 Å². The molecular weight excluding hydrogens is 226 g/mol. The molecule has 0 heterocycles. The molecule has 17 heavy (non-hydrogen) atoms. The van der Waals surface area contributed by atoms with E-state index in [2.05, 4.69) is 36.7 Å². The summed E-state index contributed by atoms with van der Waals surface area (Å²) in [5.74, 6) is 1.25. The van der Waals surface area contributed by atoms with Gasteiger partial charge in [0, 0.05) is 12.6 Å². The number of thioether (sulfide) groups is 1. The van der Waals surface area contributed by atoms with Gasteiger partial charge in [0.15, 0.2) is 0 Å². The predicted molar refractivity (Wildman–Crippen MR) is 77.8 cm³/mol. The first-order valence-corrected chi connectivity index (χ1v) is 8.02. The van der Waals surface area contributed by atoms with Gasteiger partial charge in [0.2, 0.25) is 0 Å². The average molecular weight is 249 g/mol. The molecule has 0 saturated carbocycles. The first kappa shape index (κ1) is 13.0. The van der Waals surface area contributed by atoms with E-state index in [1.54, 1.807) is 11.1 Å². The SMILES string of the molecule is CSCCC(C)NCc1ccc2c(c1)CCC2. The first-order chi connectivity index (χ1) is 8.29. The summed E-state index contributed by atoms with van der Waals surface area (Å²) in [5, 5.41) is 3.61. The summed E-state index contributed by atoms with van der Waals surface area (Å²) in [7, 11) is 0. The lowest BCUT2D eigenvalue weighted by atomic mass is 10.1. The van der Waals surface area contributed by atoms with Crippen molar-refractivity contribution in [2.45, 2.75) is 45.2 Å². The summed E-state index contributed by atoms with van der Waals surface area (Å²) in [5.41, 5.74) is 4.60. The van der Waals surface area contributed by atoms with E-state index in [0.717, 1.165) is 6.54 Å². The van der Waals surface area contributed by atoms with E-state index in [1.165, 1.54) is 37.0 Å². The molecule has 1 aromatic carbocycles. The van der Waals surface area contributed by atoms with E-state index in [0.29, 0.717) is 6.04 Å². The molecule has 0 aliphatic heterocycles. The van der Waals surface area contributed by atoms with Gasteiger partial charge in [-0.2, -0.15) is 11.8 Å². The van der Waals surface area contributed by atoms with Crippen LogP contribution in [0, 0.1) is 0 Å². The highest BCUT2D eigenvalue weighted by atomic mass is 32.2. The van der Waals surface area contributed by atoms with Crippen molar-refractivity contribution < 1.29 is 0 Å². The third-order valence-corrected chi connectivity index (χ3v) is 4.22. The minimum atomic E-state index is 0.621. The predicted octanol–water partition coefficient (Wildman–Crippen LogP) is 3.41. The van der Waals surface area contributed by atoms with Crippen molar-refractivity contribution in [3.05, 3.63) is 34.9 Å². The third-order valence-electron chi connectivity index (χ3n) is 3.57. The topological polar surface area (TPSA) is 12.0 Å². The molecule has 0 fully saturated rings. The zero-order valence-electron chi connectivity index (χ0n) is 11.0. The fourth-order valence-electron chi connectivity index (χ4n) is 2.42. The molecule has 0 amide bonds. The summed E-state index contributed by atoms with van der Waals surface area (Å²) >= 11 is 1.93. The van der Waals surface area contributed by atoms with Crippen LogP contribution in [0.1, 0.15) is 36.5 Å². The Morgan fingerprint density at radius 1 is 1.29 bits per heavy atom. The van der Waals surface area contributed by atoms with Crippen molar-refractivity contribution in [2.24, 2.45) is 0 Å². The maximum Gasteiger partial charge on any atom is 0.0208 e. The number of fused-ring (bicyclic) bond motifs is 1. The molecule has 0 aromatic heterocycles.